The zero-order valence-electron chi connectivity index (χ0n) is 12.8. The SMILES string of the molecule is CSC[C@H](C)NC(=O)c1ccc2c(c1)NC(=O)[C@H](C)N2C. The number of nitrogens with one attached hydrogen (secondary N) is 2. The quantitative estimate of drug-likeness (QED) is 0.892. The molecule has 1 aliphatic rings. The Hall–Kier alpha value is -1.69. The van der Waals surface area contributed by atoms with E-state index in [-0.39, 0.29) is 23.9 Å². The summed E-state index contributed by atoms with van der Waals surface area (Å²) >= 11 is 1.69. The fourth-order valence-electron chi connectivity index (χ4n) is 2.31. The van der Waals surface area contributed by atoms with Crippen LogP contribution in [0.2, 0.25) is 0 Å². The Balaban J connectivity index is 2.20. The van der Waals surface area contributed by atoms with Gasteiger partial charge in [-0.15, -0.1) is 0 Å². The number of thioether (sulfide) groups is 1. The van der Waals surface area contributed by atoms with Crippen LogP contribution in [0.4, 0.5) is 11.4 Å². The molecule has 0 saturated carbocycles. The first-order valence-electron chi connectivity index (χ1n) is 6.91. The van der Waals surface area contributed by atoms with E-state index in [2.05, 4.69) is 10.6 Å². The normalized spacial score (nSPS) is 18.8. The van der Waals surface area contributed by atoms with Gasteiger partial charge in [-0.1, -0.05) is 0 Å². The maximum Gasteiger partial charge on any atom is 0.251 e. The Morgan fingerprint density at radius 1 is 1.52 bits per heavy atom. The molecule has 0 fully saturated rings. The molecule has 2 rings (SSSR count). The smallest absolute Gasteiger partial charge is 0.251 e. The van der Waals surface area contributed by atoms with Gasteiger partial charge in [0.25, 0.3) is 5.91 Å². The number of carbonyl (C=O) groups excluding carboxylic acids is 2. The van der Waals surface area contributed by atoms with Gasteiger partial charge in [-0.25, -0.2) is 0 Å². The lowest BCUT2D eigenvalue weighted by Crippen LogP contribution is -2.44. The van der Waals surface area contributed by atoms with Gasteiger partial charge in [-0.2, -0.15) is 11.8 Å². The minimum absolute atomic E-state index is 0.0571. The Morgan fingerprint density at radius 2 is 2.24 bits per heavy atom. The van der Waals surface area contributed by atoms with E-state index in [4.69, 9.17) is 0 Å². The van der Waals surface area contributed by atoms with Crippen LogP contribution in [-0.4, -0.2) is 43.0 Å². The molecule has 1 aromatic carbocycles. The Morgan fingerprint density at radius 3 is 2.90 bits per heavy atom. The molecule has 1 aromatic rings. The van der Waals surface area contributed by atoms with Gasteiger partial charge in [0, 0.05) is 24.4 Å². The van der Waals surface area contributed by atoms with Crippen molar-refractivity contribution in [1.82, 2.24) is 5.32 Å². The molecule has 114 valence electrons. The monoisotopic (exact) mass is 307 g/mol. The van der Waals surface area contributed by atoms with Crippen molar-refractivity contribution >= 4 is 35.0 Å². The van der Waals surface area contributed by atoms with Crippen LogP contribution < -0.4 is 15.5 Å². The van der Waals surface area contributed by atoms with Crippen LogP contribution in [0.25, 0.3) is 0 Å². The number of hydrogen-bond donors (Lipinski definition) is 2. The average molecular weight is 307 g/mol. The van der Waals surface area contributed by atoms with E-state index in [1.807, 2.05) is 38.1 Å². The third kappa shape index (κ3) is 3.32. The second-order valence-electron chi connectivity index (χ2n) is 5.34. The van der Waals surface area contributed by atoms with Gasteiger partial charge in [0.2, 0.25) is 5.91 Å². The molecule has 1 aliphatic heterocycles. The lowest BCUT2D eigenvalue weighted by atomic mass is 10.1. The zero-order valence-corrected chi connectivity index (χ0v) is 13.6. The molecule has 0 spiro atoms. The van der Waals surface area contributed by atoms with Crippen LogP contribution in [0.15, 0.2) is 18.2 Å². The van der Waals surface area contributed by atoms with Crippen molar-refractivity contribution in [1.29, 1.82) is 0 Å². The summed E-state index contributed by atoms with van der Waals surface area (Å²) in [7, 11) is 1.88. The second kappa shape index (κ2) is 6.39. The highest BCUT2D eigenvalue weighted by Gasteiger charge is 2.27. The topological polar surface area (TPSA) is 61.4 Å². The second-order valence-corrected chi connectivity index (χ2v) is 6.25. The molecule has 6 heteroatoms. The largest absolute Gasteiger partial charge is 0.361 e. The molecule has 2 amide bonds. The molecule has 2 atom stereocenters. The summed E-state index contributed by atoms with van der Waals surface area (Å²) in [6.07, 6.45) is 2.01. The van der Waals surface area contributed by atoms with Gasteiger partial charge >= 0.3 is 0 Å². The molecular formula is C15H21N3O2S. The maximum atomic E-state index is 12.2. The lowest BCUT2D eigenvalue weighted by molar-refractivity contribution is -0.117. The average Bonchev–Trinajstić information content (AvgIpc) is 2.44. The van der Waals surface area contributed by atoms with Crippen LogP contribution in [0, 0.1) is 0 Å². The Kier molecular flexibility index (Phi) is 4.77. The first-order valence-corrected chi connectivity index (χ1v) is 8.31. The van der Waals surface area contributed by atoms with Crippen molar-refractivity contribution in [2.24, 2.45) is 0 Å². The standard InChI is InChI=1S/C15H21N3O2S/c1-9(8-21-4)16-15(20)11-5-6-13-12(7-11)17-14(19)10(2)18(13)3/h5-7,9-10H,8H2,1-4H3,(H,16,20)(H,17,19)/t9-,10-/m0/s1. The minimum Gasteiger partial charge on any atom is -0.361 e. The van der Waals surface area contributed by atoms with Crippen LogP contribution in [0.5, 0.6) is 0 Å². The third-order valence-corrected chi connectivity index (χ3v) is 4.48. The molecule has 5 nitrogen and oxygen atoms in total. The fraction of sp³-hybridized carbons (Fsp3) is 0.467. The summed E-state index contributed by atoms with van der Waals surface area (Å²) in [5, 5.41) is 5.80. The van der Waals surface area contributed by atoms with Crippen LogP contribution in [0.3, 0.4) is 0 Å². The van der Waals surface area contributed by atoms with Gasteiger partial charge in [0.15, 0.2) is 0 Å². The van der Waals surface area contributed by atoms with E-state index in [0.29, 0.717) is 11.3 Å². The molecule has 0 radical (unpaired) electrons. The number of anilines is 2. The van der Waals surface area contributed by atoms with Crippen molar-refractivity contribution in [3.8, 4) is 0 Å². The predicted molar refractivity (Wildman–Crippen MR) is 88.2 cm³/mol. The summed E-state index contributed by atoms with van der Waals surface area (Å²) in [4.78, 5) is 26.0. The van der Waals surface area contributed by atoms with Crippen LogP contribution in [0.1, 0.15) is 24.2 Å². The van der Waals surface area contributed by atoms with Crippen LogP contribution in [-0.2, 0) is 4.79 Å². The number of rotatable bonds is 4. The van der Waals surface area contributed by atoms with Crippen molar-refractivity contribution in [3.63, 3.8) is 0 Å². The number of amides is 2. The first-order chi connectivity index (χ1) is 9.93. The number of carbonyl (C=O) groups is 2. The summed E-state index contributed by atoms with van der Waals surface area (Å²) < 4.78 is 0. The molecule has 2 N–H and O–H groups in total. The van der Waals surface area contributed by atoms with Crippen LogP contribution >= 0.6 is 11.8 Å². The van der Waals surface area contributed by atoms with E-state index in [0.717, 1.165) is 11.4 Å². The molecule has 21 heavy (non-hydrogen) atoms. The highest BCUT2D eigenvalue weighted by molar-refractivity contribution is 7.98. The summed E-state index contributed by atoms with van der Waals surface area (Å²) in [6.45, 7) is 3.83. The molecule has 0 unspecified atom stereocenters. The van der Waals surface area contributed by atoms with E-state index >= 15 is 0 Å². The summed E-state index contributed by atoms with van der Waals surface area (Å²) in [5.41, 5.74) is 2.17. The van der Waals surface area contributed by atoms with Gasteiger partial charge in [0.1, 0.15) is 6.04 Å². The highest BCUT2D eigenvalue weighted by Crippen LogP contribution is 2.31. The van der Waals surface area contributed by atoms with Gasteiger partial charge in [-0.3, -0.25) is 9.59 Å². The van der Waals surface area contributed by atoms with E-state index in [1.165, 1.54) is 0 Å². The first kappa shape index (κ1) is 15.7. The van der Waals surface area contributed by atoms with Gasteiger partial charge in [-0.05, 0) is 38.3 Å². The maximum absolute atomic E-state index is 12.2. The number of benzene rings is 1. The number of nitrogens with zero attached hydrogens (tertiary/aromatic N) is 1. The van der Waals surface area contributed by atoms with Crippen molar-refractivity contribution in [2.45, 2.75) is 25.9 Å². The summed E-state index contributed by atoms with van der Waals surface area (Å²) in [5.74, 6) is 0.696. The summed E-state index contributed by atoms with van der Waals surface area (Å²) in [6, 6.07) is 5.30. The fourth-order valence-corrected chi connectivity index (χ4v) is 2.89. The number of likely N-dealkylation sites (N-methyl/N-ethyl adjacent to an activating group) is 1. The zero-order chi connectivity index (χ0) is 15.6. The molecule has 0 bridgehead atoms. The number of fused-ring (bicyclic) bond motifs is 1. The van der Waals surface area contributed by atoms with E-state index in [9.17, 15) is 9.59 Å². The third-order valence-electron chi connectivity index (χ3n) is 3.65. The highest BCUT2D eigenvalue weighted by atomic mass is 32.2. The molecule has 0 aromatic heterocycles. The van der Waals surface area contributed by atoms with Gasteiger partial charge in [0.05, 0.1) is 11.4 Å². The van der Waals surface area contributed by atoms with Crippen molar-refractivity contribution in [2.75, 3.05) is 29.3 Å². The minimum atomic E-state index is -0.209. The van der Waals surface area contributed by atoms with E-state index in [1.54, 1.807) is 23.9 Å². The molecular weight excluding hydrogens is 286 g/mol. The molecule has 0 saturated heterocycles. The van der Waals surface area contributed by atoms with Gasteiger partial charge < -0.3 is 15.5 Å². The predicted octanol–water partition coefficient (Wildman–Crippen LogP) is 1.94. The van der Waals surface area contributed by atoms with Crippen molar-refractivity contribution in [3.05, 3.63) is 23.8 Å². The Labute approximate surface area is 129 Å². The van der Waals surface area contributed by atoms with Crippen molar-refractivity contribution < 1.29 is 9.59 Å². The lowest BCUT2D eigenvalue weighted by Gasteiger charge is -2.33. The van der Waals surface area contributed by atoms with E-state index < -0.39 is 0 Å². The molecule has 0 aliphatic carbocycles. The Bertz CT molecular complexity index is 562. The number of hydrogen-bond acceptors (Lipinski definition) is 4. The molecule has 1 heterocycles.